The Bertz CT molecular complexity index is 978. The van der Waals surface area contributed by atoms with Crippen molar-refractivity contribution < 1.29 is 8.78 Å². The van der Waals surface area contributed by atoms with E-state index in [2.05, 4.69) is 11.1 Å². The van der Waals surface area contributed by atoms with Crippen LogP contribution in [0.2, 0.25) is 0 Å². The summed E-state index contributed by atoms with van der Waals surface area (Å²) in [6.45, 7) is 0. The molecule has 0 saturated heterocycles. The second kappa shape index (κ2) is 5.39. The van der Waals surface area contributed by atoms with Crippen LogP contribution in [-0.2, 0) is 0 Å². The van der Waals surface area contributed by atoms with Gasteiger partial charge in [0.05, 0.1) is 11.3 Å². The summed E-state index contributed by atoms with van der Waals surface area (Å²) in [6, 6.07) is 16.5. The van der Waals surface area contributed by atoms with E-state index in [1.807, 2.05) is 30.3 Å². The molecule has 0 saturated carbocycles. The zero-order chi connectivity index (χ0) is 16.7. The molecule has 1 heterocycles. The van der Waals surface area contributed by atoms with Gasteiger partial charge in [0.15, 0.2) is 0 Å². The molecule has 0 aliphatic heterocycles. The number of rotatable bonds is 1. The number of hydrogen-bond acceptors (Lipinski definition) is 2. The first-order valence-corrected chi connectivity index (χ1v) is 7.35. The Labute approximate surface area is 137 Å². The summed E-state index contributed by atoms with van der Waals surface area (Å²) >= 11 is 0. The van der Waals surface area contributed by atoms with Crippen LogP contribution in [0.15, 0.2) is 60.8 Å². The number of hydrogen-bond donors (Lipinski definition) is 0. The van der Waals surface area contributed by atoms with Crippen molar-refractivity contribution in [2.75, 3.05) is 0 Å². The zero-order valence-corrected chi connectivity index (χ0v) is 12.4. The predicted octanol–water partition coefficient (Wildman–Crippen LogP) is 4.82. The monoisotopic (exact) mass is 316 g/mol. The highest BCUT2D eigenvalue weighted by Gasteiger charge is 2.27. The molecule has 0 fully saturated rings. The molecular formula is C20H10F2N2. The number of halogens is 2. The number of allylic oxidation sites excluding steroid dienone is 1. The van der Waals surface area contributed by atoms with Gasteiger partial charge in [-0.25, -0.2) is 8.78 Å². The van der Waals surface area contributed by atoms with Crippen LogP contribution in [0.3, 0.4) is 0 Å². The van der Waals surface area contributed by atoms with Gasteiger partial charge < -0.3 is 0 Å². The lowest BCUT2D eigenvalue weighted by Crippen LogP contribution is -1.92. The number of nitriles is 1. The Balaban J connectivity index is 2.09. The number of benzene rings is 2. The van der Waals surface area contributed by atoms with Crippen LogP contribution in [0.5, 0.6) is 0 Å². The van der Waals surface area contributed by atoms with Crippen molar-refractivity contribution in [3.8, 4) is 17.3 Å². The van der Waals surface area contributed by atoms with E-state index in [4.69, 9.17) is 0 Å². The van der Waals surface area contributed by atoms with Gasteiger partial charge in [-0.2, -0.15) is 5.26 Å². The summed E-state index contributed by atoms with van der Waals surface area (Å²) < 4.78 is 27.2. The summed E-state index contributed by atoms with van der Waals surface area (Å²) in [4.78, 5) is 4.40. The van der Waals surface area contributed by atoms with Gasteiger partial charge in [-0.15, -0.1) is 0 Å². The minimum Gasteiger partial charge on any atom is -0.256 e. The molecule has 2 nitrogen and oxygen atoms in total. The first-order chi connectivity index (χ1) is 11.7. The van der Waals surface area contributed by atoms with Crippen molar-refractivity contribution in [3.05, 3.63) is 89.1 Å². The topological polar surface area (TPSA) is 36.7 Å². The Morgan fingerprint density at radius 1 is 0.875 bits per heavy atom. The average Bonchev–Trinajstić information content (AvgIpc) is 2.90. The zero-order valence-electron chi connectivity index (χ0n) is 12.4. The standard InChI is InChI=1S/C20H10F2N2/c21-13-8-12(9-14(22)10-13)18(11-23)19-15-4-1-2-5-16(15)20-17(19)6-3-7-24-20/h1-10H/b19-18-. The lowest BCUT2D eigenvalue weighted by Gasteiger charge is -2.08. The van der Waals surface area contributed by atoms with Crippen LogP contribution in [0.25, 0.3) is 22.4 Å². The van der Waals surface area contributed by atoms with E-state index >= 15 is 0 Å². The van der Waals surface area contributed by atoms with Gasteiger partial charge in [-0.3, -0.25) is 4.98 Å². The lowest BCUT2D eigenvalue weighted by atomic mass is 9.94. The van der Waals surface area contributed by atoms with Crippen molar-refractivity contribution in [2.24, 2.45) is 0 Å². The normalized spacial score (nSPS) is 13.9. The van der Waals surface area contributed by atoms with E-state index in [1.165, 1.54) is 12.1 Å². The average molecular weight is 316 g/mol. The Hall–Kier alpha value is -3.32. The fourth-order valence-electron chi connectivity index (χ4n) is 3.11. The van der Waals surface area contributed by atoms with Crippen molar-refractivity contribution in [2.45, 2.75) is 0 Å². The first kappa shape index (κ1) is 14.3. The van der Waals surface area contributed by atoms with E-state index in [-0.39, 0.29) is 11.1 Å². The molecule has 24 heavy (non-hydrogen) atoms. The molecule has 3 aromatic rings. The molecule has 0 atom stereocenters. The fourth-order valence-corrected chi connectivity index (χ4v) is 3.11. The van der Waals surface area contributed by atoms with Gasteiger partial charge in [0.2, 0.25) is 0 Å². The molecule has 1 aromatic heterocycles. The molecule has 1 aliphatic carbocycles. The van der Waals surface area contributed by atoms with Crippen LogP contribution in [0, 0.1) is 23.0 Å². The third-order valence-electron chi connectivity index (χ3n) is 4.04. The Morgan fingerprint density at radius 2 is 1.54 bits per heavy atom. The third-order valence-corrected chi connectivity index (χ3v) is 4.04. The van der Waals surface area contributed by atoms with Crippen LogP contribution < -0.4 is 0 Å². The molecule has 4 rings (SSSR count). The summed E-state index contributed by atoms with van der Waals surface area (Å²) in [6.07, 6.45) is 1.69. The minimum absolute atomic E-state index is 0.219. The quantitative estimate of drug-likeness (QED) is 0.472. The molecule has 0 N–H and O–H groups in total. The highest BCUT2D eigenvalue weighted by atomic mass is 19.1. The van der Waals surface area contributed by atoms with Gasteiger partial charge in [0.25, 0.3) is 0 Å². The molecule has 0 amide bonds. The van der Waals surface area contributed by atoms with Gasteiger partial charge in [0, 0.05) is 29.0 Å². The van der Waals surface area contributed by atoms with Crippen molar-refractivity contribution in [3.63, 3.8) is 0 Å². The van der Waals surface area contributed by atoms with Crippen molar-refractivity contribution in [1.82, 2.24) is 4.98 Å². The van der Waals surface area contributed by atoms with Crippen LogP contribution >= 0.6 is 0 Å². The molecule has 114 valence electrons. The molecule has 0 radical (unpaired) electrons. The largest absolute Gasteiger partial charge is 0.256 e. The van der Waals surface area contributed by atoms with Crippen LogP contribution in [0.4, 0.5) is 8.78 Å². The maximum absolute atomic E-state index is 13.6. The van der Waals surface area contributed by atoms with Gasteiger partial charge in [0.1, 0.15) is 17.7 Å². The van der Waals surface area contributed by atoms with E-state index in [0.717, 1.165) is 28.5 Å². The van der Waals surface area contributed by atoms with Gasteiger partial charge in [-0.05, 0) is 29.3 Å². The number of nitrogens with zero attached hydrogens (tertiary/aromatic N) is 2. The van der Waals surface area contributed by atoms with Gasteiger partial charge in [-0.1, -0.05) is 30.3 Å². The molecule has 1 aliphatic rings. The summed E-state index contributed by atoms with van der Waals surface area (Å²) in [5, 5.41) is 9.70. The molecule has 0 spiro atoms. The maximum Gasteiger partial charge on any atom is 0.126 e. The fraction of sp³-hybridized carbons (Fsp3) is 0. The third kappa shape index (κ3) is 2.10. The SMILES string of the molecule is N#C/C(=C1\c2ccccc2-c2ncccc21)c1cc(F)cc(F)c1. The predicted molar refractivity (Wildman–Crippen MR) is 87.6 cm³/mol. The minimum atomic E-state index is -0.712. The van der Waals surface area contributed by atoms with E-state index in [0.29, 0.717) is 5.57 Å². The number of pyridine rings is 1. The molecule has 0 unspecified atom stereocenters. The Kier molecular flexibility index (Phi) is 3.21. The van der Waals surface area contributed by atoms with E-state index < -0.39 is 11.6 Å². The highest BCUT2D eigenvalue weighted by Crippen LogP contribution is 2.46. The molecule has 2 aromatic carbocycles. The van der Waals surface area contributed by atoms with E-state index in [9.17, 15) is 14.0 Å². The van der Waals surface area contributed by atoms with Gasteiger partial charge >= 0.3 is 0 Å². The summed E-state index contributed by atoms with van der Waals surface area (Å²) in [5.74, 6) is -1.42. The van der Waals surface area contributed by atoms with Crippen molar-refractivity contribution >= 4 is 11.1 Å². The number of aromatic nitrogens is 1. The first-order valence-electron chi connectivity index (χ1n) is 7.35. The second-order valence-corrected chi connectivity index (χ2v) is 5.47. The number of fused-ring (bicyclic) bond motifs is 3. The molecule has 0 bridgehead atoms. The molecule has 4 heteroatoms. The van der Waals surface area contributed by atoms with Crippen LogP contribution in [-0.4, -0.2) is 4.98 Å². The maximum atomic E-state index is 13.6. The highest BCUT2D eigenvalue weighted by molar-refractivity contribution is 6.12. The summed E-state index contributed by atoms with van der Waals surface area (Å²) in [7, 11) is 0. The summed E-state index contributed by atoms with van der Waals surface area (Å²) in [5.41, 5.74) is 4.41. The van der Waals surface area contributed by atoms with Crippen LogP contribution in [0.1, 0.15) is 16.7 Å². The van der Waals surface area contributed by atoms with Crippen molar-refractivity contribution in [1.29, 1.82) is 5.26 Å². The Morgan fingerprint density at radius 3 is 2.25 bits per heavy atom. The molecular weight excluding hydrogens is 306 g/mol. The van der Waals surface area contributed by atoms with E-state index in [1.54, 1.807) is 12.3 Å². The smallest absolute Gasteiger partial charge is 0.126 e. The lowest BCUT2D eigenvalue weighted by molar-refractivity contribution is 0.582. The second-order valence-electron chi connectivity index (χ2n) is 5.47.